The van der Waals surface area contributed by atoms with E-state index in [4.69, 9.17) is 12.2 Å². The molecule has 0 saturated carbocycles. The summed E-state index contributed by atoms with van der Waals surface area (Å²) < 4.78 is 39.4. The van der Waals surface area contributed by atoms with Crippen LogP contribution in [0.3, 0.4) is 0 Å². The van der Waals surface area contributed by atoms with Crippen LogP contribution in [0.25, 0.3) is 11.4 Å². The number of anilines is 1. The highest BCUT2D eigenvalue weighted by molar-refractivity contribution is 7.71. The van der Waals surface area contributed by atoms with E-state index in [1.807, 2.05) is 31.2 Å². The number of rotatable bonds is 5. The molecule has 0 aliphatic carbocycles. The Morgan fingerprint density at radius 3 is 2.74 bits per heavy atom. The second-order valence-corrected chi connectivity index (χ2v) is 6.06. The summed E-state index contributed by atoms with van der Waals surface area (Å²) >= 11 is 5.19. The van der Waals surface area contributed by atoms with Crippen molar-refractivity contribution < 1.29 is 18.0 Å². The molecule has 0 saturated heterocycles. The lowest BCUT2D eigenvalue weighted by Gasteiger charge is -2.07. The molecule has 2 heterocycles. The molecule has 0 spiro atoms. The van der Waals surface area contributed by atoms with Crippen LogP contribution in [-0.2, 0) is 17.5 Å². The van der Waals surface area contributed by atoms with Crippen LogP contribution in [-0.4, -0.2) is 35.9 Å². The summed E-state index contributed by atoms with van der Waals surface area (Å²) in [5.74, 6) is -1.71. The van der Waals surface area contributed by atoms with Crippen molar-refractivity contribution >= 4 is 24.1 Å². The number of hydrogen-bond donors (Lipinski definition) is 3. The molecule has 0 atom stereocenters. The van der Waals surface area contributed by atoms with Gasteiger partial charge in [-0.3, -0.25) is 24.9 Å². The smallest absolute Gasteiger partial charge is 0.300 e. The molecule has 0 unspecified atom stereocenters. The fourth-order valence-corrected chi connectivity index (χ4v) is 2.60. The maximum Gasteiger partial charge on any atom is 0.451 e. The molecule has 0 bridgehead atoms. The molecule has 3 aromatic rings. The molecule has 142 valence electrons. The predicted molar refractivity (Wildman–Crippen MR) is 92.2 cm³/mol. The van der Waals surface area contributed by atoms with Crippen LogP contribution in [0.4, 0.5) is 19.1 Å². The van der Waals surface area contributed by atoms with Gasteiger partial charge in [-0.2, -0.15) is 23.3 Å². The summed E-state index contributed by atoms with van der Waals surface area (Å²) in [5, 5.41) is 14.1. The number of aryl methyl sites for hydroxylation is 1. The van der Waals surface area contributed by atoms with E-state index < -0.39 is 23.9 Å². The van der Waals surface area contributed by atoms with Gasteiger partial charge in [-0.25, -0.2) is 0 Å². The second kappa shape index (κ2) is 7.31. The van der Waals surface area contributed by atoms with Crippen molar-refractivity contribution in [1.82, 2.24) is 29.9 Å². The molecule has 0 radical (unpaired) electrons. The number of benzene rings is 1. The molecule has 2 aromatic heterocycles. The number of carbonyl (C=O) groups is 1. The minimum absolute atomic E-state index is 0.0530. The van der Waals surface area contributed by atoms with E-state index in [1.165, 1.54) is 0 Å². The molecule has 12 heteroatoms. The molecule has 1 amide bonds. The first kappa shape index (κ1) is 18.8. The molecule has 0 fully saturated rings. The molecule has 1 aromatic carbocycles. The zero-order chi connectivity index (χ0) is 19.6. The molecule has 3 N–H and O–H groups in total. The third-order valence-corrected chi connectivity index (χ3v) is 3.91. The summed E-state index contributed by atoms with van der Waals surface area (Å²) in [7, 11) is 0. The Bertz CT molecular complexity index is 1020. The second-order valence-electron chi connectivity index (χ2n) is 5.68. The average molecular weight is 397 g/mol. The molecule has 0 aliphatic rings. The first-order valence-corrected chi connectivity index (χ1v) is 8.16. The van der Waals surface area contributed by atoms with Gasteiger partial charge in [0.05, 0.1) is 0 Å². The third-order valence-electron chi connectivity index (χ3n) is 3.60. The Kier molecular flexibility index (Phi) is 5.08. The first-order chi connectivity index (χ1) is 12.7. The van der Waals surface area contributed by atoms with Gasteiger partial charge in [0.25, 0.3) is 0 Å². The lowest BCUT2D eigenvalue weighted by molar-refractivity contribution is -0.144. The van der Waals surface area contributed by atoms with Gasteiger partial charge in [-0.15, -0.1) is 5.10 Å². The standard InChI is InChI=1S/C15H14F3N7OS/c1-8-3-2-4-9(7-8)11-21-24-14(27)25(11)6-5-10(26)19-13-20-12(22-23-13)15(16,17)18/h2-4,7H,5-6H2,1H3,(H,24,27)(H2,19,20,22,23,26). The summed E-state index contributed by atoms with van der Waals surface area (Å²) in [6.45, 7) is 2.12. The predicted octanol–water partition coefficient (Wildman–Crippen LogP) is 3.08. The largest absolute Gasteiger partial charge is 0.451 e. The van der Waals surface area contributed by atoms with E-state index in [1.54, 1.807) is 9.67 Å². The maximum atomic E-state index is 12.5. The molecule has 27 heavy (non-hydrogen) atoms. The van der Waals surface area contributed by atoms with Crippen LogP contribution in [0.2, 0.25) is 0 Å². The van der Waals surface area contributed by atoms with Crippen LogP contribution < -0.4 is 5.32 Å². The minimum Gasteiger partial charge on any atom is -0.300 e. The number of nitrogens with one attached hydrogen (secondary N) is 3. The van der Waals surface area contributed by atoms with Crippen molar-refractivity contribution in [2.24, 2.45) is 0 Å². The van der Waals surface area contributed by atoms with Crippen molar-refractivity contribution in [3.63, 3.8) is 0 Å². The van der Waals surface area contributed by atoms with Gasteiger partial charge in [0.2, 0.25) is 17.7 Å². The lowest BCUT2D eigenvalue weighted by atomic mass is 10.1. The number of alkyl halides is 3. The number of amides is 1. The van der Waals surface area contributed by atoms with E-state index in [0.717, 1.165) is 11.1 Å². The van der Waals surface area contributed by atoms with Crippen molar-refractivity contribution in [3.8, 4) is 11.4 Å². The van der Waals surface area contributed by atoms with E-state index in [9.17, 15) is 18.0 Å². The van der Waals surface area contributed by atoms with Crippen molar-refractivity contribution in [3.05, 3.63) is 40.4 Å². The number of carbonyl (C=O) groups excluding carboxylic acids is 1. The van der Waals surface area contributed by atoms with Gasteiger partial charge in [0.1, 0.15) is 0 Å². The van der Waals surface area contributed by atoms with Crippen LogP contribution in [0.15, 0.2) is 24.3 Å². The van der Waals surface area contributed by atoms with E-state index in [2.05, 4.69) is 25.6 Å². The molecule has 8 nitrogen and oxygen atoms in total. The number of aromatic nitrogens is 6. The summed E-state index contributed by atoms with van der Waals surface area (Å²) in [6, 6.07) is 7.60. The highest BCUT2D eigenvalue weighted by Crippen LogP contribution is 2.26. The summed E-state index contributed by atoms with van der Waals surface area (Å²) in [6.07, 6.45) is -4.72. The number of aromatic amines is 2. The molecular formula is C15H14F3N7OS. The molecule has 3 rings (SSSR count). The summed E-state index contributed by atoms with van der Waals surface area (Å²) in [5.41, 5.74) is 1.86. The van der Waals surface area contributed by atoms with Crippen LogP contribution in [0.1, 0.15) is 17.8 Å². The number of halogens is 3. The van der Waals surface area contributed by atoms with Gasteiger partial charge in [-0.05, 0) is 25.2 Å². The molecule has 0 aliphatic heterocycles. The molecular weight excluding hydrogens is 383 g/mol. The topological polar surface area (TPSA) is 104 Å². The lowest BCUT2D eigenvalue weighted by Crippen LogP contribution is -2.16. The van der Waals surface area contributed by atoms with E-state index in [0.29, 0.717) is 10.6 Å². The highest BCUT2D eigenvalue weighted by Gasteiger charge is 2.35. The normalized spacial score (nSPS) is 11.6. The van der Waals surface area contributed by atoms with E-state index >= 15 is 0 Å². The number of nitrogens with zero attached hydrogens (tertiary/aromatic N) is 4. The van der Waals surface area contributed by atoms with Gasteiger partial charge < -0.3 is 0 Å². The Morgan fingerprint density at radius 1 is 1.30 bits per heavy atom. The number of hydrogen-bond acceptors (Lipinski definition) is 5. The Morgan fingerprint density at radius 2 is 2.07 bits per heavy atom. The zero-order valence-electron chi connectivity index (χ0n) is 14.0. The average Bonchev–Trinajstić information content (AvgIpc) is 3.19. The summed E-state index contributed by atoms with van der Waals surface area (Å²) in [4.78, 5) is 15.2. The van der Waals surface area contributed by atoms with Gasteiger partial charge in [0.15, 0.2) is 10.6 Å². The quantitative estimate of drug-likeness (QED) is 0.574. The minimum atomic E-state index is -4.66. The van der Waals surface area contributed by atoms with Crippen LogP contribution in [0, 0.1) is 11.7 Å². The van der Waals surface area contributed by atoms with Crippen molar-refractivity contribution in [1.29, 1.82) is 0 Å². The monoisotopic (exact) mass is 397 g/mol. The fourth-order valence-electron chi connectivity index (χ4n) is 2.37. The fraction of sp³-hybridized carbons (Fsp3) is 0.267. The number of H-pyrrole nitrogens is 2. The Labute approximate surface area is 155 Å². The zero-order valence-corrected chi connectivity index (χ0v) is 14.8. The SMILES string of the molecule is Cc1cccc(-c2n[nH]c(=S)n2CCC(=O)Nc2n[nH]c(C(F)(F)F)n2)c1. The highest BCUT2D eigenvalue weighted by atomic mass is 32.1. The van der Waals surface area contributed by atoms with Crippen molar-refractivity contribution in [2.45, 2.75) is 26.1 Å². The van der Waals surface area contributed by atoms with Gasteiger partial charge >= 0.3 is 6.18 Å². The van der Waals surface area contributed by atoms with Crippen LogP contribution in [0.5, 0.6) is 0 Å². The third kappa shape index (κ3) is 4.39. The maximum absolute atomic E-state index is 12.5. The van der Waals surface area contributed by atoms with Gasteiger partial charge in [0, 0.05) is 18.5 Å². The van der Waals surface area contributed by atoms with E-state index in [-0.39, 0.29) is 13.0 Å². The Hall–Kier alpha value is -3.02. The van der Waals surface area contributed by atoms with Gasteiger partial charge in [-0.1, -0.05) is 23.8 Å². The first-order valence-electron chi connectivity index (χ1n) is 7.76. The Balaban J connectivity index is 1.68. The van der Waals surface area contributed by atoms with Crippen molar-refractivity contribution in [2.75, 3.05) is 5.32 Å². The van der Waals surface area contributed by atoms with Crippen LogP contribution >= 0.6 is 12.2 Å².